The Labute approximate surface area is 458 Å². The Balaban J connectivity index is 0.000000229. The number of carbonyl (C=O) groups excluding carboxylic acids is 1. The number of nitrogens with one attached hydrogen (secondary N) is 2. The standard InChI is InChI=1S/C27H37N5O7S.C27H36N4O7S/c1-4-6-19-21(15-28-36)31(3)25-24(19)29-26(30-27(25)35)20-14-18(7-8-23(20)39-13-5-2)40(37,38)32-11-9-17(10-12-32)22(34)16-33;1-4-6-19-21(15-32)30(3)25-24(19)28-26(29-27(25)35)20-14-18(7-8-23(20)38-13-5-2)39(36,37)31-11-9-17(10-12-31)22(34)16-33/h7-8,14-15,17,22,33-34,36H,4-6,9-13,16H2,1-3H3,(H,29,30,35);7-8,14-15,17,22,33-34H,4-6,9-13,16H2,1-3H3,(H,28,29,35)/b28-15+;/t2*22-/m00/s1. The van der Waals surface area contributed by atoms with Crippen LogP contribution in [0.3, 0.4) is 0 Å². The van der Waals surface area contributed by atoms with E-state index in [1.165, 1.54) is 43.7 Å². The van der Waals surface area contributed by atoms with Crippen molar-refractivity contribution in [2.75, 3.05) is 52.6 Å². The van der Waals surface area contributed by atoms with Crippen LogP contribution < -0.4 is 20.6 Å². The van der Waals surface area contributed by atoms with Crippen molar-refractivity contribution < 1.29 is 56.7 Å². The number of hydrogen-bond donors (Lipinski definition) is 7. The number of aldehydes is 1. The molecule has 0 saturated carbocycles. The summed E-state index contributed by atoms with van der Waals surface area (Å²) in [6, 6.07) is 9.03. The first kappa shape index (κ1) is 60.3. The summed E-state index contributed by atoms with van der Waals surface area (Å²) in [6.07, 6.45) is 6.08. The van der Waals surface area contributed by atoms with E-state index in [1.807, 2.05) is 27.7 Å². The highest BCUT2D eigenvalue weighted by Gasteiger charge is 2.35. The maximum Gasteiger partial charge on any atom is 0.275 e. The molecule has 4 aromatic heterocycles. The predicted octanol–water partition coefficient (Wildman–Crippen LogP) is 4.47. The second-order valence-electron chi connectivity index (χ2n) is 19.9. The molecule has 2 aliphatic rings. The SMILES string of the molecule is CCCOc1ccc(S(=O)(=O)N2CCC([C@@H](O)CO)CC2)cc1-c1nc2c(CCC)c(/C=N/O)n(C)c2c(=O)[nH]1.CCCOc1ccc(S(=O)(=O)N2CCC([C@@H](O)CO)CC2)cc1-c1nc2c(CCC)c(C=O)n(C)c2c(=O)[nH]1. The average Bonchev–Trinajstić information content (AvgIpc) is 4.14. The Bertz CT molecular complexity index is 3500. The lowest BCUT2D eigenvalue weighted by atomic mass is 9.93. The predicted molar refractivity (Wildman–Crippen MR) is 297 cm³/mol. The van der Waals surface area contributed by atoms with Gasteiger partial charge in [-0.1, -0.05) is 45.7 Å². The molecule has 0 aliphatic carbocycles. The van der Waals surface area contributed by atoms with E-state index in [9.17, 15) is 56.9 Å². The average molecular weight is 1140 g/mol. The normalized spacial score (nSPS) is 16.1. The molecule has 0 radical (unpaired) electrons. The van der Waals surface area contributed by atoms with Gasteiger partial charge in [0, 0.05) is 51.4 Å². The van der Waals surface area contributed by atoms with Gasteiger partial charge in [0.25, 0.3) is 11.1 Å². The Morgan fingerprint density at radius 2 is 1.05 bits per heavy atom. The number of benzene rings is 2. The lowest BCUT2D eigenvalue weighted by Crippen LogP contribution is -2.41. The van der Waals surface area contributed by atoms with Crippen molar-refractivity contribution in [2.45, 2.75) is 114 Å². The van der Waals surface area contributed by atoms with E-state index in [4.69, 9.17) is 19.4 Å². The number of aryl methyl sites for hydroxylation is 4. The number of aliphatic hydroxyl groups excluding tert-OH is 4. The second-order valence-corrected chi connectivity index (χ2v) is 23.8. The van der Waals surface area contributed by atoms with E-state index in [0.29, 0.717) is 108 Å². The van der Waals surface area contributed by atoms with Crippen LogP contribution in [0.15, 0.2) is 60.9 Å². The highest BCUT2D eigenvalue weighted by Crippen LogP contribution is 2.37. The summed E-state index contributed by atoms with van der Waals surface area (Å²) >= 11 is 0. The molecule has 23 nitrogen and oxygen atoms in total. The molecule has 430 valence electrons. The maximum atomic E-state index is 13.6. The van der Waals surface area contributed by atoms with Crippen LogP contribution >= 0.6 is 0 Å². The van der Waals surface area contributed by atoms with Gasteiger partial charge in [-0.3, -0.25) is 14.4 Å². The number of sulfonamides is 2. The van der Waals surface area contributed by atoms with Crippen LogP contribution in [-0.2, 0) is 47.0 Å². The molecule has 2 fully saturated rings. The van der Waals surface area contributed by atoms with Gasteiger partial charge in [0.15, 0.2) is 6.29 Å². The quantitative estimate of drug-likeness (QED) is 0.0213. The van der Waals surface area contributed by atoms with Crippen LogP contribution in [0.4, 0.5) is 0 Å². The summed E-state index contributed by atoms with van der Waals surface area (Å²) in [5.41, 5.74) is 3.60. The van der Waals surface area contributed by atoms with Gasteiger partial charge >= 0.3 is 0 Å². The first-order valence-electron chi connectivity index (χ1n) is 26.8. The van der Waals surface area contributed by atoms with Gasteiger partial charge in [0.05, 0.1) is 77.2 Å². The first-order valence-corrected chi connectivity index (χ1v) is 29.7. The molecule has 6 aromatic rings. The number of hydrogen-bond acceptors (Lipinski definition) is 17. The maximum absolute atomic E-state index is 13.6. The summed E-state index contributed by atoms with van der Waals surface area (Å²) < 4.78 is 72.1. The number of nitrogens with zero attached hydrogens (tertiary/aromatic N) is 7. The highest BCUT2D eigenvalue weighted by atomic mass is 32.2. The zero-order valence-electron chi connectivity index (χ0n) is 45.5. The van der Waals surface area contributed by atoms with Crippen molar-refractivity contribution in [1.82, 2.24) is 37.7 Å². The molecule has 79 heavy (non-hydrogen) atoms. The van der Waals surface area contributed by atoms with Crippen LogP contribution in [0.2, 0.25) is 0 Å². The van der Waals surface area contributed by atoms with E-state index < -0.39 is 43.4 Å². The number of aromatic nitrogens is 6. The fourth-order valence-corrected chi connectivity index (χ4v) is 13.5. The van der Waals surface area contributed by atoms with E-state index in [1.54, 1.807) is 30.8 Å². The fourth-order valence-electron chi connectivity index (χ4n) is 10.5. The number of aliphatic hydroxyl groups is 4. The molecule has 25 heteroatoms. The molecule has 2 atom stereocenters. The molecule has 0 unspecified atom stereocenters. The largest absolute Gasteiger partial charge is 0.493 e. The molecule has 8 rings (SSSR count). The smallest absolute Gasteiger partial charge is 0.275 e. The molecule has 2 aliphatic heterocycles. The molecule has 6 heterocycles. The van der Waals surface area contributed by atoms with Gasteiger partial charge in [0.1, 0.15) is 45.2 Å². The lowest BCUT2D eigenvalue weighted by molar-refractivity contribution is 0.0278. The van der Waals surface area contributed by atoms with Gasteiger partial charge < -0.3 is 54.2 Å². The zero-order chi connectivity index (χ0) is 57.3. The number of aromatic amines is 2. The Kier molecular flexibility index (Phi) is 20.1. The van der Waals surface area contributed by atoms with Crippen LogP contribution in [0.25, 0.3) is 44.8 Å². The number of carbonyl (C=O) groups is 1. The van der Waals surface area contributed by atoms with Gasteiger partial charge in [-0.25, -0.2) is 26.8 Å². The third-order valence-corrected chi connectivity index (χ3v) is 18.5. The van der Waals surface area contributed by atoms with Gasteiger partial charge in [-0.2, -0.15) is 8.61 Å². The Morgan fingerprint density at radius 3 is 1.41 bits per heavy atom. The van der Waals surface area contributed by atoms with Crippen molar-refractivity contribution in [2.24, 2.45) is 31.1 Å². The van der Waals surface area contributed by atoms with Crippen LogP contribution in [0, 0.1) is 11.8 Å². The number of fused-ring (bicyclic) bond motifs is 2. The Hall–Kier alpha value is -6.32. The van der Waals surface area contributed by atoms with E-state index in [-0.39, 0.29) is 78.2 Å². The molecular weight excluding hydrogens is 1060 g/mol. The zero-order valence-corrected chi connectivity index (χ0v) is 47.1. The second kappa shape index (κ2) is 26.3. The minimum absolute atomic E-state index is 0.0284. The molecule has 0 spiro atoms. The van der Waals surface area contributed by atoms with Crippen LogP contribution in [0.1, 0.15) is 106 Å². The monoisotopic (exact) mass is 1140 g/mol. The fraction of sp³-hybridized carbons (Fsp3) is 0.519. The Morgan fingerprint density at radius 1 is 0.658 bits per heavy atom. The van der Waals surface area contributed by atoms with Crippen molar-refractivity contribution in [3.63, 3.8) is 0 Å². The number of H-pyrrole nitrogens is 2. The van der Waals surface area contributed by atoms with Crippen molar-refractivity contribution in [1.29, 1.82) is 0 Å². The third kappa shape index (κ3) is 12.5. The van der Waals surface area contributed by atoms with Crippen molar-refractivity contribution in [3.8, 4) is 34.3 Å². The van der Waals surface area contributed by atoms with Crippen LogP contribution in [-0.4, -0.2) is 157 Å². The molecule has 2 saturated heterocycles. The number of piperidine rings is 2. The first-order chi connectivity index (χ1) is 37.8. The van der Waals surface area contributed by atoms with E-state index >= 15 is 0 Å². The number of oxime groups is 1. The lowest BCUT2D eigenvalue weighted by Gasteiger charge is -2.33. The molecule has 0 bridgehead atoms. The van der Waals surface area contributed by atoms with E-state index in [0.717, 1.165) is 37.5 Å². The number of rotatable bonds is 22. The van der Waals surface area contributed by atoms with Gasteiger partial charge in [-0.05, 0) is 99.6 Å². The summed E-state index contributed by atoms with van der Waals surface area (Å²) in [5.74, 6) is 0.760. The molecular formula is C54H73N9O14S2. The van der Waals surface area contributed by atoms with Gasteiger partial charge in [0.2, 0.25) is 20.0 Å². The summed E-state index contributed by atoms with van der Waals surface area (Å²) in [6.45, 7) is 8.78. The minimum Gasteiger partial charge on any atom is -0.493 e. The van der Waals surface area contributed by atoms with Crippen LogP contribution in [0.5, 0.6) is 11.5 Å². The number of ether oxygens (including phenoxy) is 2. The molecule has 2 aromatic carbocycles. The van der Waals surface area contributed by atoms with Crippen molar-refractivity contribution >= 4 is 54.6 Å². The summed E-state index contributed by atoms with van der Waals surface area (Å²) in [7, 11) is -4.46. The highest BCUT2D eigenvalue weighted by molar-refractivity contribution is 7.89. The van der Waals surface area contributed by atoms with E-state index in [2.05, 4.69) is 15.1 Å². The summed E-state index contributed by atoms with van der Waals surface area (Å²) in [4.78, 5) is 53.5. The van der Waals surface area contributed by atoms with Gasteiger partial charge in [-0.15, -0.1) is 0 Å². The minimum atomic E-state index is -3.90. The third-order valence-electron chi connectivity index (χ3n) is 14.7. The summed E-state index contributed by atoms with van der Waals surface area (Å²) in [5, 5.41) is 50.8. The topological polar surface area (TPSA) is 325 Å². The molecule has 0 amide bonds. The van der Waals surface area contributed by atoms with Crippen molar-refractivity contribution in [3.05, 3.63) is 79.6 Å². The molecule has 7 N–H and O–H groups in total.